The number of carbonyl (C=O) groups excluding carboxylic acids is 1. The van der Waals surface area contributed by atoms with Crippen molar-refractivity contribution in [2.24, 2.45) is 113 Å². The molecular weight excluding hydrogens is 801 g/mol. The molecule has 1 unspecified atom stereocenters. The molecule has 5 heteroatoms. The number of esters is 1. The lowest BCUT2D eigenvalue weighted by Crippen LogP contribution is -2.67. The summed E-state index contributed by atoms with van der Waals surface area (Å²) in [5.41, 5.74) is 2.28. The van der Waals surface area contributed by atoms with Gasteiger partial charge < -0.3 is 14.9 Å². The fourth-order valence-corrected chi connectivity index (χ4v) is 23.4. The Labute approximate surface area is 396 Å². The first-order valence-electron chi connectivity index (χ1n) is 27.6. The Balaban J connectivity index is 0.907. The number of aliphatic hydroxyl groups excluding tert-OH is 1. The second kappa shape index (κ2) is 14.5. The van der Waals surface area contributed by atoms with Crippen LogP contribution in [0.5, 0.6) is 0 Å². The summed E-state index contributed by atoms with van der Waals surface area (Å²) < 4.78 is 7.26. The Hall–Kier alpha value is -1.62. The van der Waals surface area contributed by atoms with Crippen LogP contribution < -0.4 is 0 Å². The van der Waals surface area contributed by atoms with Crippen LogP contribution in [0, 0.1) is 113 Å². The van der Waals surface area contributed by atoms with Crippen molar-refractivity contribution in [3.05, 3.63) is 24.3 Å². The Kier molecular flexibility index (Phi) is 10.5. The van der Waals surface area contributed by atoms with E-state index in [2.05, 4.69) is 96.2 Å². The van der Waals surface area contributed by atoms with Gasteiger partial charge in [0.15, 0.2) is 0 Å². The van der Waals surface area contributed by atoms with Crippen LogP contribution in [0.4, 0.5) is 0 Å². The number of aliphatic carboxylic acids is 1. The van der Waals surface area contributed by atoms with E-state index in [0.29, 0.717) is 53.3 Å². The number of aliphatic hydroxyl groups is 1. The number of ether oxygens (including phenoxy) is 1. The predicted octanol–water partition coefficient (Wildman–Crippen LogP) is 14.7. The van der Waals surface area contributed by atoms with Gasteiger partial charge in [-0.15, -0.1) is 0 Å². The minimum absolute atomic E-state index is 0.0516. The molecule has 10 saturated carbocycles. The molecule has 10 aliphatic rings. The van der Waals surface area contributed by atoms with Crippen molar-refractivity contribution < 1.29 is 24.5 Å². The van der Waals surface area contributed by atoms with Crippen LogP contribution in [0.15, 0.2) is 24.3 Å². The molecular formula is C60H94O5. The Morgan fingerprint density at radius 1 is 0.477 bits per heavy atom. The van der Waals surface area contributed by atoms with Crippen LogP contribution in [0.25, 0.3) is 0 Å². The van der Waals surface area contributed by atoms with Crippen molar-refractivity contribution >= 4 is 11.9 Å². The zero-order valence-corrected chi connectivity index (χ0v) is 43.6. The van der Waals surface area contributed by atoms with E-state index in [1.54, 1.807) is 0 Å². The molecule has 364 valence electrons. The van der Waals surface area contributed by atoms with Crippen LogP contribution >= 0.6 is 0 Å². The van der Waals surface area contributed by atoms with Gasteiger partial charge in [-0.2, -0.15) is 0 Å². The Morgan fingerprint density at radius 2 is 0.923 bits per heavy atom. The molecule has 0 amide bonds. The van der Waals surface area contributed by atoms with Crippen molar-refractivity contribution in [1.82, 2.24) is 0 Å². The monoisotopic (exact) mass is 895 g/mol. The van der Waals surface area contributed by atoms with E-state index in [9.17, 15) is 15.0 Å². The molecule has 10 fully saturated rings. The smallest absolute Gasteiger partial charge is 0.312 e. The molecule has 0 aromatic heterocycles. The second-order valence-electron chi connectivity index (χ2n) is 29.1. The van der Waals surface area contributed by atoms with Gasteiger partial charge >= 0.3 is 11.9 Å². The maximum Gasteiger partial charge on any atom is 0.312 e. The van der Waals surface area contributed by atoms with Crippen LogP contribution in [0.1, 0.15) is 212 Å². The van der Waals surface area contributed by atoms with E-state index in [1.807, 2.05) is 0 Å². The third kappa shape index (κ3) is 5.66. The molecule has 10 rings (SSSR count). The third-order valence-electron chi connectivity index (χ3n) is 27.1. The number of allylic oxidation sites excluding steroid dienone is 2. The van der Waals surface area contributed by atoms with Crippen LogP contribution in [0.2, 0.25) is 0 Å². The highest BCUT2D eigenvalue weighted by Gasteiger charge is 2.75. The maximum absolute atomic E-state index is 15.6. The van der Waals surface area contributed by atoms with Gasteiger partial charge in [0.2, 0.25) is 0 Å². The third-order valence-corrected chi connectivity index (χ3v) is 27.1. The molecule has 0 spiro atoms. The van der Waals surface area contributed by atoms with E-state index < -0.39 is 16.8 Å². The Bertz CT molecular complexity index is 2010. The van der Waals surface area contributed by atoms with Gasteiger partial charge in [-0.1, -0.05) is 93.5 Å². The summed E-state index contributed by atoms with van der Waals surface area (Å²) in [4.78, 5) is 28.9. The highest BCUT2D eigenvalue weighted by molar-refractivity contribution is 5.79. The quantitative estimate of drug-likeness (QED) is 0.212. The van der Waals surface area contributed by atoms with E-state index in [1.165, 1.54) is 49.7 Å². The highest BCUT2D eigenvalue weighted by atomic mass is 16.5. The van der Waals surface area contributed by atoms with Gasteiger partial charge in [0.05, 0.1) is 16.9 Å². The van der Waals surface area contributed by atoms with Gasteiger partial charge in [-0.25, -0.2) is 0 Å². The summed E-state index contributed by atoms with van der Waals surface area (Å²) in [7, 11) is 0. The van der Waals surface area contributed by atoms with Crippen molar-refractivity contribution in [3.8, 4) is 0 Å². The summed E-state index contributed by atoms with van der Waals surface area (Å²) in [6, 6.07) is 0. The molecule has 0 bridgehead atoms. The molecule has 0 aromatic rings. The van der Waals surface area contributed by atoms with Gasteiger partial charge in [0.25, 0.3) is 0 Å². The first-order chi connectivity index (χ1) is 30.2. The van der Waals surface area contributed by atoms with Crippen molar-refractivity contribution in [2.75, 3.05) is 0 Å². The standard InChI is InChI=1S/C60H94O5/c1-35(2)37-19-29-59(49(62)63)33-31-55(11)39(47(37)59)15-17-44-54(10)26-24-46(52(7,8)42(54)22-28-58(44,55)14)65-50(64)60-30-20-38(36(3)4)48(60)40-16-18-43-53(9)25-23-45(61)51(5,6)41(53)21-27-57(43,13)56(40,12)32-34-60/h37-48,61H,1,3,15-34H2,2,4-14H3,(H,62,63)/t37-,38-,39+,40+,41-,42-,43?,44+,45-,46-,47+,48+,53-,54-,55+,56+,57+,58+,59-,60-/m0/s1. The van der Waals surface area contributed by atoms with Crippen LogP contribution in [-0.4, -0.2) is 34.4 Å². The lowest BCUT2D eigenvalue weighted by Gasteiger charge is -2.73. The average Bonchev–Trinajstić information content (AvgIpc) is 3.83. The SMILES string of the molecule is C=C(C)[C@@H]1CC[C@]2(C(=O)O[C@H]3CC[C@]4(C)[C@H]5CC[C@@H]6[C@H]7[C@H](C(=C)C)CC[C@]7(C(=O)O)CC[C@@]6(C)[C@]5(C)CC[C@H]4C3(C)C)CC[C@]3(C)[C@H](CCC4[C@@]5(C)CC[C@H](O)C(C)(C)[C@@H]5CC[C@]43C)[C@@H]12. The van der Waals surface area contributed by atoms with Gasteiger partial charge in [-0.05, 0) is 239 Å². The number of hydrogen-bond donors (Lipinski definition) is 2. The molecule has 20 atom stereocenters. The largest absolute Gasteiger partial charge is 0.481 e. The van der Waals surface area contributed by atoms with Crippen molar-refractivity contribution in [2.45, 2.75) is 224 Å². The fraction of sp³-hybridized carbons (Fsp3) is 0.900. The summed E-state index contributed by atoms with van der Waals surface area (Å²) in [6.45, 7) is 39.1. The van der Waals surface area contributed by atoms with Crippen LogP contribution in [-0.2, 0) is 14.3 Å². The fourth-order valence-electron chi connectivity index (χ4n) is 23.4. The molecule has 10 aliphatic carbocycles. The van der Waals surface area contributed by atoms with E-state index in [4.69, 9.17) is 4.74 Å². The minimum atomic E-state index is -0.589. The minimum Gasteiger partial charge on any atom is -0.481 e. The van der Waals surface area contributed by atoms with E-state index >= 15 is 4.79 Å². The maximum atomic E-state index is 15.6. The molecule has 5 nitrogen and oxygen atoms in total. The number of carboxylic acids is 1. The summed E-state index contributed by atoms with van der Waals surface area (Å²) in [5.74, 6) is 3.93. The summed E-state index contributed by atoms with van der Waals surface area (Å²) >= 11 is 0. The first kappa shape index (κ1) is 47.1. The zero-order valence-electron chi connectivity index (χ0n) is 43.6. The second-order valence-corrected chi connectivity index (χ2v) is 29.1. The predicted molar refractivity (Wildman–Crippen MR) is 261 cm³/mol. The van der Waals surface area contributed by atoms with Gasteiger partial charge in [0, 0.05) is 5.41 Å². The van der Waals surface area contributed by atoms with E-state index in [0.717, 1.165) is 89.9 Å². The lowest BCUT2D eigenvalue weighted by molar-refractivity contribution is -0.258. The zero-order chi connectivity index (χ0) is 47.1. The number of fused-ring (bicyclic) bond motifs is 14. The molecule has 0 saturated heterocycles. The number of carbonyl (C=O) groups is 2. The summed E-state index contributed by atoms with van der Waals surface area (Å²) in [5, 5.41) is 22.2. The number of carboxylic acid groups (broad SMARTS) is 1. The molecule has 2 N–H and O–H groups in total. The number of rotatable bonds is 5. The van der Waals surface area contributed by atoms with Crippen LogP contribution in [0.3, 0.4) is 0 Å². The molecule has 0 heterocycles. The number of hydrogen-bond acceptors (Lipinski definition) is 4. The molecule has 0 aromatic carbocycles. The topological polar surface area (TPSA) is 83.8 Å². The lowest BCUT2D eigenvalue weighted by atomic mass is 9.32. The molecule has 0 radical (unpaired) electrons. The van der Waals surface area contributed by atoms with Gasteiger partial charge in [-0.3, -0.25) is 9.59 Å². The van der Waals surface area contributed by atoms with E-state index in [-0.39, 0.29) is 67.4 Å². The first-order valence-corrected chi connectivity index (χ1v) is 27.6. The average molecular weight is 895 g/mol. The normalized spacial score (nSPS) is 55.9. The van der Waals surface area contributed by atoms with Crippen molar-refractivity contribution in [1.29, 1.82) is 0 Å². The Morgan fingerprint density at radius 3 is 1.42 bits per heavy atom. The highest BCUT2D eigenvalue weighted by Crippen LogP contribution is 2.80. The molecule has 65 heavy (non-hydrogen) atoms. The van der Waals surface area contributed by atoms with Crippen molar-refractivity contribution in [3.63, 3.8) is 0 Å². The summed E-state index contributed by atoms with van der Waals surface area (Å²) in [6.07, 6.45) is 21.1. The molecule has 0 aliphatic heterocycles. The van der Waals surface area contributed by atoms with Gasteiger partial charge in [0.1, 0.15) is 6.10 Å².